The number of methoxy groups -OCH3 is 1. The highest BCUT2D eigenvalue weighted by atomic mass is 32.2. The van der Waals surface area contributed by atoms with Gasteiger partial charge in [-0.25, -0.2) is 8.42 Å². The van der Waals surface area contributed by atoms with Crippen molar-refractivity contribution in [3.63, 3.8) is 0 Å². The molecule has 2 unspecified atom stereocenters. The molecule has 1 aliphatic carbocycles. The van der Waals surface area contributed by atoms with E-state index in [0.29, 0.717) is 18.9 Å². The molecule has 1 aromatic rings. The molecule has 2 aliphatic rings. The van der Waals surface area contributed by atoms with Crippen molar-refractivity contribution in [1.29, 1.82) is 0 Å². The number of ether oxygens (including phenoxy) is 1. The Labute approximate surface area is 156 Å². The van der Waals surface area contributed by atoms with Crippen molar-refractivity contribution < 1.29 is 17.9 Å². The van der Waals surface area contributed by atoms with Crippen LogP contribution in [0.1, 0.15) is 50.5 Å². The fraction of sp³-hybridized carbons (Fsp3) is 0.650. The second-order valence-corrected chi connectivity index (χ2v) is 9.71. The summed E-state index contributed by atoms with van der Waals surface area (Å²) in [6.07, 6.45) is 5.00. The smallest absolute Gasteiger partial charge is 0.230 e. The van der Waals surface area contributed by atoms with Crippen molar-refractivity contribution in [1.82, 2.24) is 4.90 Å². The van der Waals surface area contributed by atoms with Crippen LogP contribution in [0.4, 0.5) is 0 Å². The van der Waals surface area contributed by atoms with Crippen LogP contribution < -0.4 is 4.74 Å². The van der Waals surface area contributed by atoms with Gasteiger partial charge in [0.2, 0.25) is 5.91 Å². The minimum atomic E-state index is -3.01. The predicted molar refractivity (Wildman–Crippen MR) is 102 cm³/mol. The molecule has 2 atom stereocenters. The third kappa shape index (κ3) is 4.05. The Hall–Kier alpha value is -1.56. The number of carbonyl (C=O) groups is 1. The lowest BCUT2D eigenvalue weighted by molar-refractivity contribution is -0.135. The van der Waals surface area contributed by atoms with Gasteiger partial charge in [0.05, 0.1) is 24.5 Å². The predicted octanol–water partition coefficient (Wildman–Crippen LogP) is 3.00. The van der Waals surface area contributed by atoms with Gasteiger partial charge in [0.15, 0.2) is 9.84 Å². The van der Waals surface area contributed by atoms with E-state index < -0.39 is 9.84 Å². The summed E-state index contributed by atoms with van der Waals surface area (Å²) in [4.78, 5) is 15.3. The van der Waals surface area contributed by atoms with Crippen LogP contribution in [0.25, 0.3) is 0 Å². The van der Waals surface area contributed by atoms with E-state index in [1.54, 1.807) is 7.11 Å². The lowest BCUT2D eigenvalue weighted by Gasteiger charge is -2.33. The highest BCUT2D eigenvalue weighted by Gasteiger charge is 2.39. The Morgan fingerprint density at radius 2 is 1.85 bits per heavy atom. The van der Waals surface area contributed by atoms with Crippen LogP contribution in [0.15, 0.2) is 24.3 Å². The molecule has 0 radical (unpaired) electrons. The Morgan fingerprint density at radius 1 is 1.19 bits per heavy atom. The van der Waals surface area contributed by atoms with Crippen LogP contribution in [0.2, 0.25) is 0 Å². The van der Waals surface area contributed by atoms with E-state index >= 15 is 0 Å². The van der Waals surface area contributed by atoms with Crippen LogP contribution in [-0.4, -0.2) is 50.4 Å². The van der Waals surface area contributed by atoms with E-state index in [0.717, 1.165) is 37.0 Å². The van der Waals surface area contributed by atoms with E-state index in [1.165, 1.54) is 0 Å². The summed E-state index contributed by atoms with van der Waals surface area (Å²) in [5, 5.41) is 0. The van der Waals surface area contributed by atoms with Gasteiger partial charge in [-0.1, -0.05) is 25.0 Å². The van der Waals surface area contributed by atoms with E-state index in [-0.39, 0.29) is 29.4 Å². The van der Waals surface area contributed by atoms with E-state index in [2.05, 4.69) is 0 Å². The summed E-state index contributed by atoms with van der Waals surface area (Å²) in [6.45, 7) is 2.50. The largest absolute Gasteiger partial charge is 0.497 e. The molecular weight excluding hydrogens is 350 g/mol. The monoisotopic (exact) mass is 379 g/mol. The number of hydrogen-bond acceptors (Lipinski definition) is 4. The summed E-state index contributed by atoms with van der Waals surface area (Å²) in [6, 6.07) is 7.60. The molecule has 1 heterocycles. The minimum Gasteiger partial charge on any atom is -0.497 e. The molecule has 3 rings (SSSR count). The van der Waals surface area contributed by atoms with Crippen molar-refractivity contribution in [3.8, 4) is 5.75 Å². The number of likely N-dealkylation sites (N-methyl/N-ethyl adjacent to an activating group) is 1. The average Bonchev–Trinajstić information content (AvgIpc) is 3.26. The third-order valence-corrected chi connectivity index (χ3v) is 7.64. The number of sulfone groups is 1. The molecule has 144 valence electrons. The number of carbonyl (C=O) groups excluding carboxylic acids is 1. The Kier molecular flexibility index (Phi) is 5.90. The second kappa shape index (κ2) is 7.99. The molecule has 1 aromatic carbocycles. The fourth-order valence-electron chi connectivity index (χ4n) is 4.51. The number of rotatable bonds is 6. The molecular formula is C20H29NO4S. The molecule has 0 bridgehead atoms. The molecule has 1 saturated heterocycles. The second-order valence-electron chi connectivity index (χ2n) is 7.48. The molecule has 6 heteroatoms. The lowest BCUT2D eigenvalue weighted by atomic mass is 9.83. The van der Waals surface area contributed by atoms with Gasteiger partial charge in [-0.05, 0) is 49.8 Å². The summed E-state index contributed by atoms with van der Waals surface area (Å²) in [5.41, 5.74) is 1.02. The van der Waals surface area contributed by atoms with E-state index in [4.69, 9.17) is 4.74 Å². The van der Waals surface area contributed by atoms with Gasteiger partial charge in [-0.15, -0.1) is 0 Å². The lowest BCUT2D eigenvalue weighted by Crippen LogP contribution is -2.44. The van der Waals surface area contributed by atoms with Crippen LogP contribution in [0.3, 0.4) is 0 Å². The first-order chi connectivity index (χ1) is 12.4. The number of benzene rings is 1. The van der Waals surface area contributed by atoms with Crippen LogP contribution >= 0.6 is 0 Å². The molecule has 26 heavy (non-hydrogen) atoms. The summed E-state index contributed by atoms with van der Waals surface area (Å²) in [7, 11) is -1.38. The molecule has 5 nitrogen and oxygen atoms in total. The number of nitrogens with zero attached hydrogens (tertiary/aromatic N) is 1. The first kappa shape index (κ1) is 19.2. The van der Waals surface area contributed by atoms with Crippen molar-refractivity contribution in [2.75, 3.05) is 25.2 Å². The number of amides is 1. The topological polar surface area (TPSA) is 63.7 Å². The Balaban J connectivity index is 1.88. The van der Waals surface area contributed by atoms with Gasteiger partial charge >= 0.3 is 0 Å². The van der Waals surface area contributed by atoms with Crippen molar-refractivity contribution >= 4 is 15.7 Å². The van der Waals surface area contributed by atoms with E-state index in [1.807, 2.05) is 36.1 Å². The van der Waals surface area contributed by atoms with E-state index in [9.17, 15) is 13.2 Å². The van der Waals surface area contributed by atoms with Crippen molar-refractivity contribution in [2.24, 2.45) is 5.92 Å². The van der Waals surface area contributed by atoms with Gasteiger partial charge < -0.3 is 9.64 Å². The maximum absolute atomic E-state index is 13.5. The molecule has 0 spiro atoms. The normalized spacial score (nSPS) is 23.7. The van der Waals surface area contributed by atoms with Crippen molar-refractivity contribution in [2.45, 2.75) is 51.0 Å². The maximum Gasteiger partial charge on any atom is 0.230 e. The van der Waals surface area contributed by atoms with Gasteiger partial charge in [0.25, 0.3) is 0 Å². The van der Waals surface area contributed by atoms with Crippen LogP contribution in [-0.2, 0) is 14.6 Å². The molecule has 2 fully saturated rings. The Morgan fingerprint density at radius 3 is 2.35 bits per heavy atom. The summed E-state index contributed by atoms with van der Waals surface area (Å²) in [5.74, 6) is 1.31. The number of hydrogen-bond donors (Lipinski definition) is 0. The van der Waals surface area contributed by atoms with Gasteiger partial charge in [-0.2, -0.15) is 0 Å². The highest BCUT2D eigenvalue weighted by Crippen LogP contribution is 2.39. The Bertz CT molecular complexity index is 723. The minimum absolute atomic E-state index is 0.0895. The standard InChI is InChI=1S/C20H29NO4S/c1-3-21(17-12-13-26(23,24)14-17)20(22)19(15-6-4-5-7-15)16-8-10-18(25-2)11-9-16/h8-11,15,17,19H,3-7,12-14H2,1-2H3. The highest BCUT2D eigenvalue weighted by molar-refractivity contribution is 7.91. The quantitative estimate of drug-likeness (QED) is 0.762. The molecule has 1 aliphatic heterocycles. The van der Waals surface area contributed by atoms with Crippen LogP contribution in [0, 0.1) is 5.92 Å². The zero-order chi connectivity index (χ0) is 18.7. The zero-order valence-electron chi connectivity index (χ0n) is 15.7. The first-order valence-electron chi connectivity index (χ1n) is 9.60. The fourth-order valence-corrected chi connectivity index (χ4v) is 6.24. The average molecular weight is 380 g/mol. The van der Waals surface area contributed by atoms with Gasteiger partial charge in [-0.3, -0.25) is 4.79 Å². The molecule has 0 aromatic heterocycles. The third-order valence-electron chi connectivity index (χ3n) is 5.89. The van der Waals surface area contributed by atoms with Gasteiger partial charge in [0, 0.05) is 12.6 Å². The maximum atomic E-state index is 13.5. The van der Waals surface area contributed by atoms with Crippen LogP contribution in [0.5, 0.6) is 5.75 Å². The first-order valence-corrected chi connectivity index (χ1v) is 11.4. The SMILES string of the molecule is CCN(C(=O)C(c1ccc(OC)cc1)C1CCCC1)C1CCS(=O)(=O)C1. The molecule has 0 N–H and O–H groups in total. The zero-order valence-corrected chi connectivity index (χ0v) is 16.5. The molecule has 1 amide bonds. The van der Waals surface area contributed by atoms with Crippen molar-refractivity contribution in [3.05, 3.63) is 29.8 Å². The summed E-state index contributed by atoms with van der Waals surface area (Å²) < 4.78 is 29.0. The van der Waals surface area contributed by atoms with Gasteiger partial charge in [0.1, 0.15) is 5.75 Å². The summed E-state index contributed by atoms with van der Waals surface area (Å²) >= 11 is 0. The molecule has 1 saturated carbocycles.